The van der Waals surface area contributed by atoms with E-state index < -0.39 is 0 Å². The summed E-state index contributed by atoms with van der Waals surface area (Å²) in [6.07, 6.45) is 0.806. The van der Waals surface area contributed by atoms with Gasteiger partial charge in [0.05, 0.1) is 12.8 Å². The van der Waals surface area contributed by atoms with Gasteiger partial charge in [0.25, 0.3) is 5.91 Å². The topological polar surface area (TPSA) is 32.8 Å². The van der Waals surface area contributed by atoms with Crippen LogP contribution in [0.4, 0.5) is 5.69 Å². The van der Waals surface area contributed by atoms with Crippen molar-refractivity contribution in [2.75, 3.05) is 38.2 Å². The second-order valence-corrected chi connectivity index (χ2v) is 7.90. The van der Waals surface area contributed by atoms with E-state index >= 15 is 0 Å². The van der Waals surface area contributed by atoms with E-state index in [9.17, 15) is 4.79 Å². The molecule has 0 bridgehead atoms. The van der Waals surface area contributed by atoms with E-state index in [0.717, 1.165) is 42.1 Å². The van der Waals surface area contributed by atoms with Gasteiger partial charge in [-0.05, 0) is 35.2 Å². The number of para-hydroxylation sites is 2. The van der Waals surface area contributed by atoms with Crippen molar-refractivity contribution in [2.24, 2.45) is 0 Å². The average molecular weight is 393 g/mol. The minimum absolute atomic E-state index is 0.131. The van der Waals surface area contributed by atoms with Gasteiger partial charge in [-0.2, -0.15) is 0 Å². The number of amides is 1. The number of nitrogens with zero attached hydrogens (tertiary/aromatic N) is 2. The van der Waals surface area contributed by atoms with Crippen molar-refractivity contribution in [1.82, 2.24) is 4.90 Å². The number of ether oxygens (including phenoxy) is 1. The number of hydrogen-bond acceptors (Lipinski definition) is 4. The zero-order valence-corrected chi connectivity index (χ0v) is 16.8. The molecule has 1 saturated heterocycles. The summed E-state index contributed by atoms with van der Waals surface area (Å²) in [6.45, 7) is 3.03. The van der Waals surface area contributed by atoms with E-state index in [1.807, 2.05) is 41.3 Å². The van der Waals surface area contributed by atoms with Crippen LogP contribution < -0.4 is 9.64 Å². The summed E-state index contributed by atoms with van der Waals surface area (Å²) in [7, 11) is 1.70. The Balaban J connectivity index is 1.46. The number of rotatable bonds is 5. The molecule has 5 heteroatoms. The van der Waals surface area contributed by atoms with Crippen molar-refractivity contribution < 1.29 is 9.53 Å². The van der Waals surface area contributed by atoms with Crippen molar-refractivity contribution in [1.29, 1.82) is 0 Å². The minimum Gasteiger partial charge on any atom is -0.495 e. The zero-order valence-electron chi connectivity index (χ0n) is 16.0. The van der Waals surface area contributed by atoms with E-state index in [0.29, 0.717) is 13.1 Å². The van der Waals surface area contributed by atoms with Crippen LogP contribution in [-0.4, -0.2) is 44.1 Å². The maximum Gasteiger partial charge on any atom is 0.254 e. The third-order valence-corrected chi connectivity index (χ3v) is 6.06. The third kappa shape index (κ3) is 3.90. The molecule has 0 atom stereocenters. The molecule has 1 fully saturated rings. The smallest absolute Gasteiger partial charge is 0.254 e. The van der Waals surface area contributed by atoms with Gasteiger partial charge in [0, 0.05) is 43.0 Å². The fraction of sp³-hybridized carbons (Fsp3) is 0.261. The molecule has 0 saturated carbocycles. The van der Waals surface area contributed by atoms with Crippen LogP contribution in [0, 0.1) is 0 Å². The fourth-order valence-corrected chi connectivity index (χ4v) is 4.42. The zero-order chi connectivity index (χ0) is 19.3. The molecule has 1 amide bonds. The highest BCUT2D eigenvalue weighted by molar-refractivity contribution is 7.09. The second kappa shape index (κ2) is 8.48. The van der Waals surface area contributed by atoms with Gasteiger partial charge < -0.3 is 14.5 Å². The number of piperazine rings is 1. The van der Waals surface area contributed by atoms with Crippen LogP contribution in [0.2, 0.25) is 0 Å². The average Bonchev–Trinajstić information content (AvgIpc) is 3.27. The van der Waals surface area contributed by atoms with Crippen LogP contribution >= 0.6 is 11.3 Å². The summed E-state index contributed by atoms with van der Waals surface area (Å²) in [4.78, 5) is 18.7. The molecule has 0 spiro atoms. The Morgan fingerprint density at radius 1 is 0.964 bits per heavy atom. The van der Waals surface area contributed by atoms with E-state index in [-0.39, 0.29) is 5.91 Å². The van der Waals surface area contributed by atoms with Gasteiger partial charge in [0.2, 0.25) is 0 Å². The monoisotopic (exact) mass is 392 g/mol. The first kappa shape index (κ1) is 18.6. The lowest BCUT2D eigenvalue weighted by Gasteiger charge is -2.36. The summed E-state index contributed by atoms with van der Waals surface area (Å²) in [6, 6.07) is 20.2. The lowest BCUT2D eigenvalue weighted by Crippen LogP contribution is -2.49. The molecular weight excluding hydrogens is 368 g/mol. The van der Waals surface area contributed by atoms with Crippen molar-refractivity contribution in [3.8, 4) is 5.75 Å². The number of thiophene rings is 1. The molecule has 4 nitrogen and oxygen atoms in total. The van der Waals surface area contributed by atoms with Crippen molar-refractivity contribution in [2.45, 2.75) is 6.42 Å². The molecule has 0 aliphatic carbocycles. The Labute approximate surface area is 170 Å². The van der Waals surface area contributed by atoms with Gasteiger partial charge in [0.1, 0.15) is 5.75 Å². The number of methoxy groups -OCH3 is 1. The molecule has 144 valence electrons. The Hall–Kier alpha value is -2.79. The summed E-state index contributed by atoms with van der Waals surface area (Å²) in [5, 5.41) is 2.08. The molecule has 0 radical (unpaired) electrons. The molecule has 4 rings (SSSR count). The molecule has 2 aromatic carbocycles. The highest BCUT2D eigenvalue weighted by Gasteiger charge is 2.25. The number of hydrogen-bond donors (Lipinski definition) is 0. The minimum atomic E-state index is 0.131. The standard InChI is InChI=1S/C23H24N2O2S/c1-27-22-11-5-4-10-21(22)24-12-14-25(15-13-24)23(26)20-9-3-2-7-18(20)17-19-8-6-16-28-19/h2-11,16H,12-15,17H2,1H3. The molecule has 3 aromatic rings. The predicted octanol–water partition coefficient (Wildman–Crippen LogP) is 4.31. The summed E-state index contributed by atoms with van der Waals surface area (Å²) >= 11 is 1.73. The first-order valence-electron chi connectivity index (χ1n) is 9.54. The Morgan fingerprint density at radius 3 is 2.46 bits per heavy atom. The van der Waals surface area contributed by atoms with Gasteiger partial charge in [-0.15, -0.1) is 11.3 Å². The normalized spacial score (nSPS) is 14.2. The van der Waals surface area contributed by atoms with Gasteiger partial charge in [-0.1, -0.05) is 36.4 Å². The van der Waals surface area contributed by atoms with Crippen LogP contribution in [0.5, 0.6) is 5.75 Å². The summed E-state index contributed by atoms with van der Waals surface area (Å²) < 4.78 is 5.49. The summed E-state index contributed by atoms with van der Waals surface area (Å²) in [5.74, 6) is 1.01. The van der Waals surface area contributed by atoms with Crippen LogP contribution in [0.1, 0.15) is 20.8 Å². The van der Waals surface area contributed by atoms with Crippen LogP contribution in [-0.2, 0) is 6.42 Å². The van der Waals surface area contributed by atoms with E-state index in [4.69, 9.17) is 4.74 Å². The highest BCUT2D eigenvalue weighted by Crippen LogP contribution is 2.28. The van der Waals surface area contributed by atoms with Gasteiger partial charge in [0.15, 0.2) is 0 Å². The largest absolute Gasteiger partial charge is 0.495 e. The lowest BCUT2D eigenvalue weighted by molar-refractivity contribution is 0.0745. The maximum absolute atomic E-state index is 13.2. The SMILES string of the molecule is COc1ccccc1N1CCN(C(=O)c2ccccc2Cc2cccs2)CC1. The number of carbonyl (C=O) groups excluding carboxylic acids is 1. The summed E-state index contributed by atoms with van der Waals surface area (Å²) in [5.41, 5.74) is 3.01. The predicted molar refractivity (Wildman–Crippen MR) is 115 cm³/mol. The van der Waals surface area contributed by atoms with Crippen molar-refractivity contribution in [3.63, 3.8) is 0 Å². The van der Waals surface area contributed by atoms with Crippen LogP contribution in [0.3, 0.4) is 0 Å². The fourth-order valence-electron chi connectivity index (χ4n) is 3.70. The first-order chi connectivity index (χ1) is 13.8. The molecule has 28 heavy (non-hydrogen) atoms. The van der Waals surface area contributed by atoms with E-state index in [1.165, 1.54) is 4.88 Å². The van der Waals surface area contributed by atoms with Crippen molar-refractivity contribution in [3.05, 3.63) is 82.0 Å². The second-order valence-electron chi connectivity index (χ2n) is 6.86. The Bertz CT molecular complexity index is 931. The van der Waals surface area contributed by atoms with Crippen LogP contribution in [0.25, 0.3) is 0 Å². The Morgan fingerprint density at radius 2 is 1.71 bits per heavy atom. The molecule has 0 N–H and O–H groups in total. The lowest BCUT2D eigenvalue weighted by atomic mass is 10.0. The molecular formula is C23H24N2O2S. The van der Waals surface area contributed by atoms with E-state index in [1.54, 1.807) is 18.4 Å². The molecule has 0 unspecified atom stereocenters. The number of anilines is 1. The maximum atomic E-state index is 13.2. The number of carbonyl (C=O) groups is 1. The molecule has 1 aliphatic rings. The van der Waals surface area contributed by atoms with E-state index in [2.05, 4.69) is 34.5 Å². The Kier molecular flexibility index (Phi) is 5.63. The number of benzene rings is 2. The van der Waals surface area contributed by atoms with Gasteiger partial charge in [-0.3, -0.25) is 4.79 Å². The molecule has 2 heterocycles. The molecule has 1 aliphatic heterocycles. The van der Waals surface area contributed by atoms with Gasteiger partial charge >= 0.3 is 0 Å². The highest BCUT2D eigenvalue weighted by atomic mass is 32.1. The quantitative estimate of drug-likeness (QED) is 0.649. The van der Waals surface area contributed by atoms with Crippen molar-refractivity contribution >= 4 is 22.9 Å². The first-order valence-corrected chi connectivity index (χ1v) is 10.4. The van der Waals surface area contributed by atoms with Crippen LogP contribution in [0.15, 0.2) is 66.0 Å². The molecule has 1 aromatic heterocycles. The van der Waals surface area contributed by atoms with Gasteiger partial charge in [-0.25, -0.2) is 0 Å². The third-order valence-electron chi connectivity index (χ3n) is 5.19.